The van der Waals surface area contributed by atoms with Crippen LogP contribution >= 0.6 is 15.9 Å². The second-order valence-electron chi connectivity index (χ2n) is 6.26. The van der Waals surface area contributed by atoms with Crippen molar-refractivity contribution < 1.29 is 13.6 Å². The first-order valence-corrected chi connectivity index (χ1v) is 9.19. The van der Waals surface area contributed by atoms with Gasteiger partial charge in [-0.25, -0.2) is 8.78 Å². The van der Waals surface area contributed by atoms with Crippen LogP contribution in [0, 0.1) is 11.6 Å². The number of benzene rings is 2. The summed E-state index contributed by atoms with van der Waals surface area (Å²) >= 11 is 3.38. The summed E-state index contributed by atoms with van der Waals surface area (Å²) in [4.78, 5) is 16.2. The Hall–Kier alpha value is -2.05. The van der Waals surface area contributed by atoms with E-state index < -0.39 is 11.6 Å². The predicted octanol–water partition coefficient (Wildman–Crippen LogP) is 4.08. The summed E-state index contributed by atoms with van der Waals surface area (Å²) in [5, 5.41) is 0. The van der Waals surface area contributed by atoms with Gasteiger partial charge >= 0.3 is 0 Å². The Kier molecular flexibility index (Phi) is 6.16. The minimum absolute atomic E-state index is 0.0237. The normalized spacial score (nSPS) is 15.6. The van der Waals surface area contributed by atoms with Gasteiger partial charge in [0.1, 0.15) is 11.6 Å². The number of amides is 1. The molecule has 2 aromatic carbocycles. The highest BCUT2D eigenvalue weighted by Crippen LogP contribution is 2.14. The van der Waals surface area contributed by atoms with Crippen molar-refractivity contribution in [3.05, 3.63) is 75.8 Å². The van der Waals surface area contributed by atoms with Crippen LogP contribution in [0.5, 0.6) is 0 Å². The molecule has 0 spiro atoms. The first kappa shape index (κ1) is 18.7. The maximum atomic E-state index is 13.3. The van der Waals surface area contributed by atoms with E-state index >= 15 is 0 Å². The molecule has 0 saturated carbocycles. The quantitative estimate of drug-likeness (QED) is 0.695. The molecule has 26 heavy (non-hydrogen) atoms. The van der Waals surface area contributed by atoms with Crippen molar-refractivity contribution in [1.29, 1.82) is 0 Å². The number of carbonyl (C=O) groups is 1. The molecule has 0 aromatic heterocycles. The molecule has 0 unspecified atom stereocenters. The van der Waals surface area contributed by atoms with Crippen LogP contribution < -0.4 is 0 Å². The molecule has 1 fully saturated rings. The zero-order valence-corrected chi connectivity index (χ0v) is 15.8. The highest BCUT2D eigenvalue weighted by molar-refractivity contribution is 9.10. The minimum atomic E-state index is -0.563. The summed E-state index contributed by atoms with van der Waals surface area (Å²) in [6.45, 7) is 3.03. The van der Waals surface area contributed by atoms with Gasteiger partial charge in [-0.3, -0.25) is 9.69 Å². The summed E-state index contributed by atoms with van der Waals surface area (Å²) in [6, 6.07) is 11.3. The maximum Gasteiger partial charge on any atom is 0.246 e. The van der Waals surface area contributed by atoms with E-state index in [1.807, 2.05) is 24.3 Å². The Bertz CT molecular complexity index is 780. The number of hydrogen-bond donors (Lipinski definition) is 0. The van der Waals surface area contributed by atoms with E-state index in [2.05, 4.69) is 20.8 Å². The average molecular weight is 421 g/mol. The Balaban J connectivity index is 1.51. The van der Waals surface area contributed by atoms with Gasteiger partial charge in [0.15, 0.2) is 0 Å². The van der Waals surface area contributed by atoms with Gasteiger partial charge in [0, 0.05) is 49.3 Å². The Morgan fingerprint density at radius 3 is 2.23 bits per heavy atom. The number of hydrogen-bond acceptors (Lipinski definition) is 2. The standard InChI is InChI=1S/C20H19BrF2N2O/c21-17-4-1-15(2-5-17)3-6-20(26)25-9-7-24(8-10-25)14-16-11-18(22)13-19(23)12-16/h1-6,11-13H,7-10,14H2/b6-3+. The summed E-state index contributed by atoms with van der Waals surface area (Å²) < 4.78 is 27.5. The largest absolute Gasteiger partial charge is 0.337 e. The molecule has 0 radical (unpaired) electrons. The van der Waals surface area contributed by atoms with E-state index in [0.29, 0.717) is 38.3 Å². The van der Waals surface area contributed by atoms with E-state index in [9.17, 15) is 13.6 Å². The molecule has 1 heterocycles. The van der Waals surface area contributed by atoms with Crippen molar-refractivity contribution in [2.75, 3.05) is 26.2 Å². The van der Waals surface area contributed by atoms with Gasteiger partial charge in [-0.2, -0.15) is 0 Å². The van der Waals surface area contributed by atoms with E-state index in [0.717, 1.165) is 16.1 Å². The van der Waals surface area contributed by atoms with Crippen LogP contribution in [0.1, 0.15) is 11.1 Å². The Labute approximate surface area is 160 Å². The van der Waals surface area contributed by atoms with Gasteiger partial charge in [-0.15, -0.1) is 0 Å². The minimum Gasteiger partial charge on any atom is -0.337 e. The maximum absolute atomic E-state index is 13.3. The van der Waals surface area contributed by atoms with Crippen molar-refractivity contribution in [1.82, 2.24) is 9.80 Å². The lowest BCUT2D eigenvalue weighted by molar-refractivity contribution is -0.127. The first-order chi connectivity index (χ1) is 12.5. The topological polar surface area (TPSA) is 23.6 Å². The van der Waals surface area contributed by atoms with Crippen LogP contribution in [0.4, 0.5) is 8.78 Å². The van der Waals surface area contributed by atoms with Gasteiger partial charge in [0.2, 0.25) is 5.91 Å². The molecule has 0 aliphatic carbocycles. The average Bonchev–Trinajstić information content (AvgIpc) is 2.61. The fourth-order valence-electron chi connectivity index (χ4n) is 2.93. The molecule has 0 atom stereocenters. The molecule has 1 saturated heterocycles. The monoisotopic (exact) mass is 420 g/mol. The van der Waals surface area contributed by atoms with E-state index in [1.165, 1.54) is 12.1 Å². The van der Waals surface area contributed by atoms with Crippen molar-refractivity contribution in [3.63, 3.8) is 0 Å². The lowest BCUT2D eigenvalue weighted by atomic mass is 10.1. The molecule has 0 bridgehead atoms. The lowest BCUT2D eigenvalue weighted by Gasteiger charge is -2.34. The fraction of sp³-hybridized carbons (Fsp3) is 0.250. The van der Waals surface area contributed by atoms with Gasteiger partial charge in [-0.1, -0.05) is 28.1 Å². The first-order valence-electron chi connectivity index (χ1n) is 8.39. The van der Waals surface area contributed by atoms with Gasteiger partial charge in [0.05, 0.1) is 0 Å². The third-order valence-corrected chi connectivity index (χ3v) is 4.83. The third-order valence-electron chi connectivity index (χ3n) is 4.30. The number of carbonyl (C=O) groups excluding carboxylic acids is 1. The number of piperazine rings is 1. The number of halogens is 3. The molecular weight excluding hydrogens is 402 g/mol. The van der Waals surface area contributed by atoms with Crippen molar-refractivity contribution in [2.45, 2.75) is 6.54 Å². The zero-order chi connectivity index (χ0) is 18.5. The van der Waals surface area contributed by atoms with Crippen LogP contribution in [0.25, 0.3) is 6.08 Å². The number of rotatable bonds is 4. The summed E-state index contributed by atoms with van der Waals surface area (Å²) in [6.07, 6.45) is 3.39. The molecule has 3 rings (SSSR count). The van der Waals surface area contributed by atoms with Crippen LogP contribution in [-0.4, -0.2) is 41.9 Å². The second-order valence-corrected chi connectivity index (χ2v) is 7.18. The van der Waals surface area contributed by atoms with E-state index in [4.69, 9.17) is 0 Å². The smallest absolute Gasteiger partial charge is 0.246 e. The molecule has 2 aromatic rings. The highest BCUT2D eigenvalue weighted by Gasteiger charge is 2.19. The van der Waals surface area contributed by atoms with Crippen LogP contribution in [-0.2, 0) is 11.3 Å². The molecule has 1 amide bonds. The van der Waals surface area contributed by atoms with Crippen molar-refractivity contribution in [3.8, 4) is 0 Å². The van der Waals surface area contributed by atoms with Crippen molar-refractivity contribution >= 4 is 27.9 Å². The van der Waals surface area contributed by atoms with E-state index in [-0.39, 0.29) is 5.91 Å². The summed E-state index contributed by atoms with van der Waals surface area (Å²) in [7, 11) is 0. The molecule has 1 aliphatic heterocycles. The van der Waals surface area contributed by atoms with Crippen LogP contribution in [0.3, 0.4) is 0 Å². The second kappa shape index (κ2) is 8.56. The van der Waals surface area contributed by atoms with Gasteiger partial charge in [-0.05, 0) is 41.5 Å². The Morgan fingerprint density at radius 2 is 1.62 bits per heavy atom. The lowest BCUT2D eigenvalue weighted by Crippen LogP contribution is -2.47. The molecule has 136 valence electrons. The fourth-order valence-corrected chi connectivity index (χ4v) is 3.20. The van der Waals surface area contributed by atoms with Crippen molar-refractivity contribution in [2.24, 2.45) is 0 Å². The predicted molar refractivity (Wildman–Crippen MR) is 101 cm³/mol. The summed E-state index contributed by atoms with van der Waals surface area (Å²) in [5.74, 6) is -1.15. The third kappa shape index (κ3) is 5.22. The highest BCUT2D eigenvalue weighted by atomic mass is 79.9. The SMILES string of the molecule is O=C(/C=C/c1ccc(Br)cc1)N1CCN(Cc2cc(F)cc(F)c2)CC1. The molecular formula is C20H19BrF2N2O. The number of nitrogens with zero attached hydrogens (tertiary/aromatic N) is 2. The molecule has 1 aliphatic rings. The van der Waals surface area contributed by atoms with Crippen LogP contribution in [0.15, 0.2) is 53.0 Å². The Morgan fingerprint density at radius 1 is 1.00 bits per heavy atom. The van der Waals surface area contributed by atoms with E-state index in [1.54, 1.807) is 17.1 Å². The van der Waals surface area contributed by atoms with Crippen LogP contribution in [0.2, 0.25) is 0 Å². The zero-order valence-electron chi connectivity index (χ0n) is 14.2. The summed E-state index contributed by atoms with van der Waals surface area (Å²) in [5.41, 5.74) is 1.57. The molecule has 0 N–H and O–H groups in total. The van der Waals surface area contributed by atoms with Gasteiger partial charge < -0.3 is 4.90 Å². The molecule has 3 nitrogen and oxygen atoms in total. The van der Waals surface area contributed by atoms with Gasteiger partial charge in [0.25, 0.3) is 0 Å². The molecule has 6 heteroatoms.